The number of nitrogens with zero attached hydrogens (tertiary/aromatic N) is 1. The van der Waals surface area contributed by atoms with E-state index >= 15 is 0 Å². The minimum atomic E-state index is 0.0650. The number of para-hydroxylation sites is 2. The van der Waals surface area contributed by atoms with Crippen LogP contribution in [0.4, 0.5) is 17.1 Å². The summed E-state index contributed by atoms with van der Waals surface area (Å²) in [6, 6.07) is 48.8. The van der Waals surface area contributed by atoms with Crippen molar-refractivity contribution in [3.63, 3.8) is 0 Å². The summed E-state index contributed by atoms with van der Waals surface area (Å²) in [5.74, 6) is 0. The maximum absolute atomic E-state index is 2.40. The highest BCUT2D eigenvalue weighted by atomic mass is 32.2. The Morgan fingerprint density at radius 2 is 1.02 bits per heavy atom. The van der Waals surface area contributed by atoms with Crippen LogP contribution in [0, 0.1) is 34.6 Å². The molecule has 0 aliphatic heterocycles. The predicted molar refractivity (Wildman–Crippen MR) is 230 cm³/mol. The first kappa shape index (κ1) is 35.8. The number of anilines is 3. The molecule has 0 radical (unpaired) electrons. The highest BCUT2D eigenvalue weighted by Crippen LogP contribution is 2.38. The summed E-state index contributed by atoms with van der Waals surface area (Å²) in [7, 11) is 0. The molecule has 0 spiro atoms. The Balaban J connectivity index is 1.40. The third kappa shape index (κ3) is 7.47. The number of rotatable bonds is 10. The fourth-order valence-corrected chi connectivity index (χ4v) is 9.71. The van der Waals surface area contributed by atoms with Crippen LogP contribution in [0.2, 0.25) is 0 Å². The van der Waals surface area contributed by atoms with Crippen LogP contribution in [-0.2, 0) is 0 Å². The van der Waals surface area contributed by atoms with Crippen molar-refractivity contribution in [2.75, 3.05) is 4.90 Å². The molecule has 0 saturated heterocycles. The van der Waals surface area contributed by atoms with E-state index in [1.165, 1.54) is 75.1 Å². The Kier molecular flexibility index (Phi) is 11.0. The van der Waals surface area contributed by atoms with Crippen molar-refractivity contribution in [3.8, 4) is 0 Å². The van der Waals surface area contributed by atoms with Crippen LogP contribution in [-0.4, -0.2) is 6.71 Å². The quantitative estimate of drug-likeness (QED) is 0.130. The molecule has 4 heteroatoms. The van der Waals surface area contributed by atoms with Crippen molar-refractivity contribution < 1.29 is 0 Å². The fourth-order valence-electron chi connectivity index (χ4n) is 7.54. The first-order valence-corrected chi connectivity index (χ1v) is 19.9. The minimum absolute atomic E-state index is 0.0650. The van der Waals surface area contributed by atoms with Crippen molar-refractivity contribution in [3.05, 3.63) is 184 Å². The molecule has 1 aliphatic carbocycles. The van der Waals surface area contributed by atoms with Gasteiger partial charge in [0.15, 0.2) is 0 Å². The average Bonchev–Trinajstić information content (AvgIpc) is 3.15. The number of allylic oxidation sites excluding steroid dienone is 4. The lowest BCUT2D eigenvalue weighted by Crippen LogP contribution is -2.55. The second-order valence-electron chi connectivity index (χ2n) is 13.9. The third-order valence-corrected chi connectivity index (χ3v) is 13.1. The van der Waals surface area contributed by atoms with E-state index in [0.717, 1.165) is 24.2 Å². The third-order valence-electron chi connectivity index (χ3n) is 10.3. The molecule has 6 aromatic carbocycles. The Bertz CT molecular complexity index is 2210. The second-order valence-corrected chi connectivity index (χ2v) is 16.1. The summed E-state index contributed by atoms with van der Waals surface area (Å²) >= 11 is 3.84. The molecule has 1 aliphatic rings. The number of benzene rings is 6. The molecule has 0 unspecified atom stereocenters. The van der Waals surface area contributed by atoms with E-state index in [-0.39, 0.29) is 6.71 Å². The van der Waals surface area contributed by atoms with E-state index in [4.69, 9.17) is 0 Å². The first-order valence-electron chi connectivity index (χ1n) is 18.3. The fraction of sp³-hybridized carbons (Fsp3) is 0.167. The van der Waals surface area contributed by atoms with Gasteiger partial charge in [-0.2, -0.15) is 0 Å². The summed E-state index contributed by atoms with van der Waals surface area (Å²) < 4.78 is 0. The van der Waals surface area contributed by atoms with Crippen LogP contribution in [0.3, 0.4) is 0 Å². The normalized spacial score (nSPS) is 12.7. The molecule has 0 saturated carbocycles. The molecule has 0 fully saturated rings. The summed E-state index contributed by atoms with van der Waals surface area (Å²) in [5, 5.41) is 0. The summed E-state index contributed by atoms with van der Waals surface area (Å²) in [4.78, 5) is 7.81. The molecule has 0 aromatic heterocycles. The average molecular weight is 712 g/mol. The molecule has 1 nitrogen and oxygen atoms in total. The number of aryl methyl sites for hydroxylation is 3. The standard InChI is InChI=1S/C48H46BNS2/c1-33-19-13-15-27-44(33)51-46-29-17-25-42(37(46)5)49(43-26-18-30-47(38(43)6)52-45-28-16-14-20-34(45)2)48-35(3)31-41(32-36(48)4)50(39-21-9-7-10-22-39)40-23-11-8-12-24-40/h7-15,17-27,29-32H,16,28H2,1-6H3. The zero-order valence-corrected chi connectivity index (χ0v) is 32.7. The highest BCUT2D eigenvalue weighted by Gasteiger charge is 2.30. The number of thioether (sulfide) groups is 1. The van der Waals surface area contributed by atoms with Gasteiger partial charge in [-0.3, -0.25) is 0 Å². The molecular formula is C48H46BNS2. The van der Waals surface area contributed by atoms with Gasteiger partial charge in [0.1, 0.15) is 0 Å². The molecule has 0 N–H and O–H groups in total. The molecule has 0 amide bonds. The van der Waals surface area contributed by atoms with Gasteiger partial charge in [0.05, 0.1) is 0 Å². The van der Waals surface area contributed by atoms with E-state index in [1.807, 2.05) is 23.5 Å². The minimum Gasteiger partial charge on any atom is -0.310 e. The van der Waals surface area contributed by atoms with Crippen LogP contribution in [0.15, 0.2) is 171 Å². The van der Waals surface area contributed by atoms with Gasteiger partial charge >= 0.3 is 0 Å². The van der Waals surface area contributed by atoms with Crippen molar-refractivity contribution in [2.45, 2.75) is 69.1 Å². The van der Waals surface area contributed by atoms with Gasteiger partial charge in [0.25, 0.3) is 0 Å². The largest absolute Gasteiger partial charge is 0.310 e. The topological polar surface area (TPSA) is 3.24 Å². The van der Waals surface area contributed by atoms with Gasteiger partial charge in [-0.1, -0.05) is 142 Å². The van der Waals surface area contributed by atoms with Crippen molar-refractivity contribution >= 4 is 63.7 Å². The van der Waals surface area contributed by atoms with Crippen LogP contribution < -0.4 is 21.3 Å². The Labute approximate surface area is 320 Å². The summed E-state index contributed by atoms with van der Waals surface area (Å²) in [6.07, 6.45) is 6.81. The Morgan fingerprint density at radius 3 is 1.58 bits per heavy atom. The first-order chi connectivity index (χ1) is 25.3. The lowest BCUT2D eigenvalue weighted by atomic mass is 9.34. The predicted octanol–water partition coefficient (Wildman–Crippen LogP) is 12.1. The van der Waals surface area contributed by atoms with Gasteiger partial charge in [0, 0.05) is 31.7 Å². The number of hydrogen-bond acceptors (Lipinski definition) is 3. The summed E-state index contributed by atoms with van der Waals surface area (Å²) in [6.45, 7) is 13.8. The SMILES string of the molecule is CC1=C(Sc2cccc(B(c3cccc(Sc4ccccc4C)c3C)c3c(C)cc(N(c4ccccc4)c4ccccc4)cc3C)c2C)CCC=C1. The molecule has 0 heterocycles. The van der Waals surface area contributed by atoms with Crippen LogP contribution >= 0.6 is 23.5 Å². The van der Waals surface area contributed by atoms with Gasteiger partial charge in [0.2, 0.25) is 6.71 Å². The Morgan fingerprint density at radius 1 is 0.500 bits per heavy atom. The Hall–Kier alpha value is -4.64. The van der Waals surface area contributed by atoms with Gasteiger partial charge in [-0.15, -0.1) is 0 Å². The van der Waals surface area contributed by atoms with E-state index in [0.29, 0.717) is 0 Å². The van der Waals surface area contributed by atoms with E-state index < -0.39 is 0 Å². The molecule has 52 heavy (non-hydrogen) atoms. The molecule has 7 rings (SSSR count). The van der Waals surface area contributed by atoms with Crippen LogP contribution in [0.25, 0.3) is 0 Å². The zero-order chi connectivity index (χ0) is 36.2. The maximum atomic E-state index is 2.40. The molecule has 258 valence electrons. The zero-order valence-electron chi connectivity index (χ0n) is 31.1. The number of hydrogen-bond donors (Lipinski definition) is 0. The van der Waals surface area contributed by atoms with Crippen molar-refractivity contribution in [1.29, 1.82) is 0 Å². The van der Waals surface area contributed by atoms with E-state index in [9.17, 15) is 0 Å². The van der Waals surface area contributed by atoms with Crippen molar-refractivity contribution in [1.82, 2.24) is 0 Å². The van der Waals surface area contributed by atoms with Crippen LogP contribution in [0.5, 0.6) is 0 Å². The molecular weight excluding hydrogens is 665 g/mol. The van der Waals surface area contributed by atoms with Gasteiger partial charge in [-0.05, 0) is 136 Å². The lowest BCUT2D eigenvalue weighted by Gasteiger charge is -2.29. The summed E-state index contributed by atoms with van der Waals surface area (Å²) in [5.41, 5.74) is 15.6. The lowest BCUT2D eigenvalue weighted by molar-refractivity contribution is 0.999. The molecule has 0 bridgehead atoms. The maximum Gasteiger partial charge on any atom is 0.242 e. The van der Waals surface area contributed by atoms with E-state index in [1.54, 1.807) is 0 Å². The smallest absolute Gasteiger partial charge is 0.242 e. The molecule has 6 aromatic rings. The molecule has 0 atom stereocenters. The van der Waals surface area contributed by atoms with Gasteiger partial charge < -0.3 is 4.90 Å². The second kappa shape index (κ2) is 15.9. The van der Waals surface area contributed by atoms with Gasteiger partial charge in [-0.25, -0.2) is 0 Å². The highest BCUT2D eigenvalue weighted by molar-refractivity contribution is 8.03. The monoisotopic (exact) mass is 711 g/mol. The van der Waals surface area contributed by atoms with Crippen molar-refractivity contribution in [2.24, 2.45) is 0 Å². The van der Waals surface area contributed by atoms with E-state index in [2.05, 4.69) is 192 Å². The van der Waals surface area contributed by atoms with Crippen LogP contribution in [0.1, 0.15) is 47.6 Å².